The van der Waals surface area contributed by atoms with Crippen LogP contribution >= 0.6 is 0 Å². The zero-order valence-electron chi connectivity index (χ0n) is 14.3. The van der Waals surface area contributed by atoms with E-state index < -0.39 is 15.9 Å². The first-order valence-corrected chi connectivity index (χ1v) is 9.72. The summed E-state index contributed by atoms with van der Waals surface area (Å²) in [5, 5.41) is 6.81. The molecule has 1 amide bonds. The van der Waals surface area contributed by atoms with Gasteiger partial charge in [0.15, 0.2) is 15.7 Å². The van der Waals surface area contributed by atoms with Crippen molar-refractivity contribution in [3.05, 3.63) is 12.3 Å². The Labute approximate surface area is 138 Å². The van der Waals surface area contributed by atoms with Crippen LogP contribution in [0.3, 0.4) is 0 Å². The molecule has 1 N–H and O–H groups in total. The van der Waals surface area contributed by atoms with E-state index >= 15 is 0 Å². The van der Waals surface area contributed by atoms with Gasteiger partial charge in [-0.05, 0) is 19.3 Å². The molecule has 132 valence electrons. The van der Waals surface area contributed by atoms with E-state index in [4.69, 9.17) is 4.74 Å². The van der Waals surface area contributed by atoms with E-state index in [2.05, 4.69) is 24.3 Å². The first-order valence-electron chi connectivity index (χ1n) is 7.90. The average Bonchev–Trinajstić information content (AvgIpc) is 2.92. The van der Waals surface area contributed by atoms with Crippen molar-refractivity contribution in [1.29, 1.82) is 0 Å². The molecule has 0 aliphatic rings. The average molecular weight is 345 g/mol. The molecule has 0 saturated heterocycles. The molecule has 7 nitrogen and oxygen atoms in total. The van der Waals surface area contributed by atoms with E-state index in [-0.39, 0.29) is 24.0 Å². The quantitative estimate of drug-likeness (QED) is 0.697. The molecule has 1 heterocycles. The fourth-order valence-electron chi connectivity index (χ4n) is 1.71. The Hall–Kier alpha value is -1.41. The van der Waals surface area contributed by atoms with Crippen LogP contribution in [0.4, 0.5) is 5.82 Å². The van der Waals surface area contributed by atoms with Gasteiger partial charge in [-0.3, -0.25) is 9.48 Å². The van der Waals surface area contributed by atoms with Crippen molar-refractivity contribution in [2.45, 2.75) is 46.8 Å². The van der Waals surface area contributed by atoms with E-state index in [1.165, 1.54) is 4.68 Å². The minimum atomic E-state index is -3.03. The number of carbonyl (C=O) groups excluding carboxylic acids is 1. The molecule has 23 heavy (non-hydrogen) atoms. The molecule has 1 aromatic rings. The maximum Gasteiger partial charge on any atom is 0.254 e. The second kappa shape index (κ2) is 9.02. The number of rotatable bonds is 10. The molecule has 1 unspecified atom stereocenters. The number of aromatic nitrogens is 2. The van der Waals surface area contributed by atoms with Gasteiger partial charge in [-0.15, -0.1) is 0 Å². The summed E-state index contributed by atoms with van der Waals surface area (Å²) in [6.07, 6.45) is 1.99. The lowest BCUT2D eigenvalue weighted by atomic mass is 10.1. The summed E-state index contributed by atoms with van der Waals surface area (Å²) in [4.78, 5) is 12.0. The molecule has 1 rings (SSSR count). The highest BCUT2D eigenvalue weighted by Crippen LogP contribution is 2.06. The van der Waals surface area contributed by atoms with E-state index in [1.54, 1.807) is 26.1 Å². The Kier molecular flexibility index (Phi) is 7.70. The van der Waals surface area contributed by atoms with Crippen molar-refractivity contribution in [3.63, 3.8) is 0 Å². The van der Waals surface area contributed by atoms with Crippen molar-refractivity contribution < 1.29 is 17.9 Å². The number of ether oxygens (including phenoxy) is 1. The van der Waals surface area contributed by atoms with E-state index in [0.717, 1.165) is 6.42 Å². The summed E-state index contributed by atoms with van der Waals surface area (Å²) in [6, 6.07) is 1.64. The van der Waals surface area contributed by atoms with Crippen molar-refractivity contribution in [1.82, 2.24) is 9.78 Å². The summed E-state index contributed by atoms with van der Waals surface area (Å²) in [6.45, 7) is 8.31. The number of anilines is 1. The van der Waals surface area contributed by atoms with Crippen LogP contribution in [0.1, 0.15) is 34.1 Å². The number of amides is 1. The van der Waals surface area contributed by atoms with Gasteiger partial charge in [0.25, 0.3) is 5.91 Å². The Balaban J connectivity index is 2.44. The maximum absolute atomic E-state index is 12.0. The van der Waals surface area contributed by atoms with Crippen LogP contribution in [0.25, 0.3) is 0 Å². The third kappa shape index (κ3) is 7.60. The van der Waals surface area contributed by atoms with Gasteiger partial charge >= 0.3 is 0 Å². The molecule has 1 atom stereocenters. The first kappa shape index (κ1) is 19.6. The van der Waals surface area contributed by atoms with Crippen molar-refractivity contribution in [2.24, 2.45) is 5.92 Å². The minimum Gasteiger partial charge on any atom is -0.369 e. The predicted molar refractivity (Wildman–Crippen MR) is 90.1 cm³/mol. The van der Waals surface area contributed by atoms with Crippen LogP contribution in [0.15, 0.2) is 12.3 Å². The third-order valence-corrected chi connectivity index (χ3v) is 5.08. The van der Waals surface area contributed by atoms with Crippen molar-refractivity contribution in [3.8, 4) is 0 Å². The van der Waals surface area contributed by atoms with Gasteiger partial charge in [0, 0.05) is 24.6 Å². The highest BCUT2D eigenvalue weighted by Gasteiger charge is 2.15. The number of carbonyl (C=O) groups is 1. The zero-order valence-corrected chi connectivity index (χ0v) is 15.1. The molecule has 0 aliphatic carbocycles. The van der Waals surface area contributed by atoms with E-state index in [0.29, 0.717) is 18.3 Å². The number of sulfone groups is 1. The van der Waals surface area contributed by atoms with Crippen LogP contribution in [-0.2, 0) is 25.9 Å². The molecule has 0 aliphatic heterocycles. The van der Waals surface area contributed by atoms with Gasteiger partial charge in [0.1, 0.15) is 6.10 Å². The number of hydrogen-bond donors (Lipinski definition) is 1. The van der Waals surface area contributed by atoms with Gasteiger partial charge in [-0.25, -0.2) is 8.42 Å². The lowest BCUT2D eigenvalue weighted by molar-refractivity contribution is -0.126. The Morgan fingerprint density at radius 3 is 2.70 bits per heavy atom. The van der Waals surface area contributed by atoms with E-state index in [9.17, 15) is 13.2 Å². The van der Waals surface area contributed by atoms with Gasteiger partial charge in [-0.2, -0.15) is 5.10 Å². The van der Waals surface area contributed by atoms with Gasteiger partial charge in [-0.1, -0.05) is 20.8 Å². The summed E-state index contributed by atoms with van der Waals surface area (Å²) in [7, 11) is -3.03. The maximum atomic E-state index is 12.0. The summed E-state index contributed by atoms with van der Waals surface area (Å²) in [5.74, 6) is 0.805. The molecule has 1 aromatic heterocycles. The van der Waals surface area contributed by atoms with Crippen LogP contribution < -0.4 is 5.32 Å². The zero-order chi connectivity index (χ0) is 17.5. The summed E-state index contributed by atoms with van der Waals surface area (Å²) >= 11 is 0. The first-order chi connectivity index (χ1) is 10.7. The fraction of sp³-hybridized carbons (Fsp3) is 0.733. The van der Waals surface area contributed by atoms with Crippen molar-refractivity contribution in [2.75, 3.05) is 23.4 Å². The second-order valence-electron chi connectivity index (χ2n) is 5.89. The standard InChI is InChI=1S/C15H27N3O4S/c1-5-23(20,21)11-9-18-8-6-14(17-18)16-15(19)13(4)22-10-7-12(2)3/h6,8,12-13H,5,7,9-11H2,1-4H3,(H,16,17,19). The predicted octanol–water partition coefficient (Wildman–Crippen LogP) is 1.71. The lowest BCUT2D eigenvalue weighted by Crippen LogP contribution is -2.28. The molecule has 0 radical (unpaired) electrons. The fourth-order valence-corrected chi connectivity index (χ4v) is 2.47. The summed E-state index contributed by atoms with van der Waals surface area (Å²) < 4.78 is 29.9. The molecule has 0 fully saturated rings. The molecule has 0 spiro atoms. The largest absolute Gasteiger partial charge is 0.369 e. The Bertz CT molecular complexity index is 596. The smallest absolute Gasteiger partial charge is 0.254 e. The van der Waals surface area contributed by atoms with Gasteiger partial charge < -0.3 is 10.1 Å². The third-order valence-electron chi connectivity index (χ3n) is 3.40. The van der Waals surface area contributed by atoms with Crippen LogP contribution in [-0.4, -0.2) is 48.3 Å². The minimum absolute atomic E-state index is 0.0350. The molecule has 0 aromatic carbocycles. The lowest BCUT2D eigenvalue weighted by Gasteiger charge is -2.13. The van der Waals surface area contributed by atoms with Gasteiger partial charge in [0.2, 0.25) is 0 Å². The van der Waals surface area contributed by atoms with Crippen LogP contribution in [0, 0.1) is 5.92 Å². The van der Waals surface area contributed by atoms with Crippen molar-refractivity contribution >= 4 is 21.6 Å². The van der Waals surface area contributed by atoms with Crippen LogP contribution in [0.2, 0.25) is 0 Å². The van der Waals surface area contributed by atoms with Crippen LogP contribution in [0.5, 0.6) is 0 Å². The number of hydrogen-bond acceptors (Lipinski definition) is 5. The Morgan fingerprint density at radius 1 is 1.39 bits per heavy atom. The number of nitrogens with one attached hydrogen (secondary N) is 1. The highest BCUT2D eigenvalue weighted by atomic mass is 32.2. The second-order valence-corrected chi connectivity index (χ2v) is 8.36. The SMILES string of the molecule is CCS(=O)(=O)CCn1ccc(NC(=O)C(C)OCCC(C)C)n1. The number of nitrogens with zero attached hydrogens (tertiary/aromatic N) is 2. The monoisotopic (exact) mass is 345 g/mol. The highest BCUT2D eigenvalue weighted by molar-refractivity contribution is 7.91. The molecular weight excluding hydrogens is 318 g/mol. The Morgan fingerprint density at radius 2 is 2.09 bits per heavy atom. The number of aryl methyl sites for hydroxylation is 1. The van der Waals surface area contributed by atoms with E-state index in [1.807, 2.05) is 0 Å². The normalized spacial score (nSPS) is 13.3. The molecule has 8 heteroatoms. The van der Waals surface area contributed by atoms with Gasteiger partial charge in [0.05, 0.1) is 12.3 Å². The molecular formula is C15H27N3O4S. The molecule has 0 saturated carbocycles. The summed E-state index contributed by atoms with van der Waals surface area (Å²) in [5.41, 5.74) is 0. The topological polar surface area (TPSA) is 90.3 Å². The molecule has 0 bridgehead atoms.